The van der Waals surface area contributed by atoms with E-state index in [2.05, 4.69) is 16.1 Å². The van der Waals surface area contributed by atoms with Gasteiger partial charge in [0.1, 0.15) is 5.84 Å². The van der Waals surface area contributed by atoms with Crippen LogP contribution >= 0.6 is 16.1 Å². The molecule has 0 aliphatic carbocycles. The first-order valence-corrected chi connectivity index (χ1v) is 3.02. The van der Waals surface area contributed by atoms with Gasteiger partial charge in [0, 0.05) is 13.0 Å². The van der Waals surface area contributed by atoms with Gasteiger partial charge >= 0.3 is 0 Å². The first kappa shape index (κ1) is 5.09. The summed E-state index contributed by atoms with van der Waals surface area (Å²) in [5, 5.41) is 7.13. The van der Waals surface area contributed by atoms with Gasteiger partial charge in [-0.3, -0.25) is 9.34 Å². The summed E-state index contributed by atoms with van der Waals surface area (Å²) in [5.74, 6) is 0.708. The summed E-state index contributed by atoms with van der Waals surface area (Å²) in [6, 6.07) is 0. The summed E-state index contributed by atoms with van der Waals surface area (Å²) in [6.07, 6.45) is 2.06. The van der Waals surface area contributed by atoms with Crippen molar-refractivity contribution >= 4 is 22.0 Å². The van der Waals surface area contributed by atoms with E-state index in [0.29, 0.717) is 5.84 Å². The van der Waals surface area contributed by atoms with Gasteiger partial charge in [0.15, 0.2) is 0 Å². The molecule has 2 nitrogen and oxygen atoms in total. The molecule has 3 heteroatoms. The molecule has 1 heterocycles. The normalized spacial score (nSPS) is 21.3. The van der Waals surface area contributed by atoms with Gasteiger partial charge in [0.05, 0.1) is 16.1 Å². The number of hydrogen-bond donors (Lipinski definition) is 1. The smallest absolute Gasteiger partial charge is 0.106 e. The highest BCUT2D eigenvalue weighted by Crippen LogP contribution is 2.12. The van der Waals surface area contributed by atoms with Crippen molar-refractivity contribution in [2.75, 3.05) is 6.54 Å². The van der Waals surface area contributed by atoms with Crippen molar-refractivity contribution in [2.45, 2.75) is 12.8 Å². The average Bonchev–Trinajstić information content (AvgIpc) is 1.91. The highest BCUT2D eigenvalue weighted by molar-refractivity contribution is 9.07. The van der Waals surface area contributed by atoms with E-state index in [4.69, 9.17) is 5.41 Å². The van der Waals surface area contributed by atoms with E-state index in [1.54, 1.807) is 3.93 Å². The summed E-state index contributed by atoms with van der Waals surface area (Å²) in [4.78, 5) is 0. The van der Waals surface area contributed by atoms with E-state index >= 15 is 0 Å². The van der Waals surface area contributed by atoms with Crippen LogP contribution in [-0.2, 0) is 0 Å². The van der Waals surface area contributed by atoms with E-state index in [-0.39, 0.29) is 0 Å². The van der Waals surface area contributed by atoms with Gasteiger partial charge < -0.3 is 0 Å². The average molecular weight is 163 g/mol. The largest absolute Gasteiger partial charge is 0.297 e. The first-order chi connectivity index (χ1) is 3.30. The first-order valence-electron chi connectivity index (χ1n) is 2.31. The molecule has 0 saturated carbocycles. The van der Waals surface area contributed by atoms with Crippen molar-refractivity contribution < 1.29 is 0 Å². The third kappa shape index (κ3) is 0.938. The molecule has 0 radical (unpaired) electrons. The van der Waals surface area contributed by atoms with Crippen molar-refractivity contribution in [3.63, 3.8) is 0 Å². The SMILES string of the molecule is N=C1CCCN1Br. The van der Waals surface area contributed by atoms with E-state index in [0.717, 1.165) is 19.4 Å². The monoisotopic (exact) mass is 162 g/mol. The Morgan fingerprint density at radius 2 is 2.43 bits per heavy atom. The van der Waals surface area contributed by atoms with Crippen LogP contribution in [0.4, 0.5) is 0 Å². The van der Waals surface area contributed by atoms with Crippen LogP contribution in [0.15, 0.2) is 0 Å². The Morgan fingerprint density at radius 1 is 1.71 bits per heavy atom. The number of hydrogen-bond acceptors (Lipinski definition) is 1. The van der Waals surface area contributed by atoms with Gasteiger partial charge in [0.25, 0.3) is 0 Å². The van der Waals surface area contributed by atoms with Gasteiger partial charge in [0.2, 0.25) is 0 Å². The molecule has 0 unspecified atom stereocenters. The Bertz CT molecular complexity index is 91.7. The Hall–Kier alpha value is -0.0500. The third-order valence-electron chi connectivity index (χ3n) is 1.06. The lowest BCUT2D eigenvalue weighted by atomic mass is 10.4. The zero-order chi connectivity index (χ0) is 5.28. The zero-order valence-corrected chi connectivity index (χ0v) is 5.53. The van der Waals surface area contributed by atoms with Crippen molar-refractivity contribution in [1.82, 2.24) is 3.93 Å². The molecule has 1 saturated heterocycles. The molecule has 1 fully saturated rings. The summed E-state index contributed by atoms with van der Waals surface area (Å²) in [6.45, 7) is 0.999. The maximum Gasteiger partial charge on any atom is 0.106 e. The van der Waals surface area contributed by atoms with Crippen LogP contribution in [-0.4, -0.2) is 16.3 Å². The van der Waals surface area contributed by atoms with Crippen LogP contribution in [0.5, 0.6) is 0 Å². The fourth-order valence-electron chi connectivity index (χ4n) is 0.642. The molecule has 1 aliphatic heterocycles. The predicted molar refractivity (Wildman–Crippen MR) is 32.6 cm³/mol. The van der Waals surface area contributed by atoms with Gasteiger partial charge in [-0.15, -0.1) is 0 Å². The van der Waals surface area contributed by atoms with Crippen LogP contribution in [0.3, 0.4) is 0 Å². The Morgan fingerprint density at radius 3 is 2.57 bits per heavy atom. The Labute approximate surface area is 51.4 Å². The van der Waals surface area contributed by atoms with Gasteiger partial charge in [-0.1, -0.05) is 0 Å². The van der Waals surface area contributed by atoms with Gasteiger partial charge in [-0.25, -0.2) is 0 Å². The molecule has 40 valence electrons. The number of halogens is 1. The predicted octanol–water partition coefficient (Wildman–Crippen LogP) is 1.37. The second-order valence-electron chi connectivity index (χ2n) is 1.64. The maximum absolute atomic E-state index is 7.13. The molecule has 1 rings (SSSR count). The standard InChI is InChI=1S/C4H7BrN2/c5-7-3-1-2-4(7)6/h6H,1-3H2. The van der Waals surface area contributed by atoms with Gasteiger partial charge in [-0.2, -0.15) is 0 Å². The molecule has 7 heavy (non-hydrogen) atoms. The van der Waals surface area contributed by atoms with E-state index in [1.165, 1.54) is 0 Å². The summed E-state index contributed by atoms with van der Waals surface area (Å²) < 4.78 is 1.80. The summed E-state index contributed by atoms with van der Waals surface area (Å²) in [7, 11) is 0. The van der Waals surface area contributed by atoms with Crippen LogP contribution < -0.4 is 0 Å². The van der Waals surface area contributed by atoms with Crippen LogP contribution in [0.2, 0.25) is 0 Å². The van der Waals surface area contributed by atoms with Crippen LogP contribution in [0.25, 0.3) is 0 Å². The molecular formula is C4H7BrN2. The number of rotatable bonds is 0. The molecule has 0 amide bonds. The second kappa shape index (κ2) is 1.82. The highest BCUT2D eigenvalue weighted by Gasteiger charge is 2.12. The molecular weight excluding hydrogens is 156 g/mol. The number of nitrogens with one attached hydrogen (secondary N) is 1. The Balaban J connectivity index is 2.48. The number of nitrogens with zero attached hydrogens (tertiary/aromatic N) is 1. The fraction of sp³-hybridized carbons (Fsp3) is 0.750. The van der Waals surface area contributed by atoms with Crippen LogP contribution in [0, 0.1) is 5.41 Å². The molecule has 0 bridgehead atoms. The minimum absolute atomic E-state index is 0.708. The topological polar surface area (TPSA) is 27.1 Å². The quantitative estimate of drug-likeness (QED) is 0.536. The molecule has 1 N–H and O–H groups in total. The minimum Gasteiger partial charge on any atom is -0.297 e. The summed E-state index contributed by atoms with van der Waals surface area (Å²) >= 11 is 3.21. The van der Waals surface area contributed by atoms with Crippen molar-refractivity contribution in [2.24, 2.45) is 0 Å². The molecule has 0 aromatic heterocycles. The zero-order valence-electron chi connectivity index (χ0n) is 3.95. The van der Waals surface area contributed by atoms with Crippen molar-refractivity contribution in [1.29, 1.82) is 5.41 Å². The molecule has 0 atom stereocenters. The maximum atomic E-state index is 7.13. The van der Waals surface area contributed by atoms with Gasteiger partial charge in [-0.05, 0) is 6.42 Å². The van der Waals surface area contributed by atoms with E-state index in [1.807, 2.05) is 0 Å². The fourth-order valence-corrected chi connectivity index (χ4v) is 1.07. The summed E-state index contributed by atoms with van der Waals surface area (Å²) in [5.41, 5.74) is 0. The lowest BCUT2D eigenvalue weighted by Gasteiger charge is -2.02. The van der Waals surface area contributed by atoms with Crippen LogP contribution in [0.1, 0.15) is 12.8 Å². The highest BCUT2D eigenvalue weighted by atomic mass is 79.9. The molecule has 0 spiro atoms. The lowest BCUT2D eigenvalue weighted by Crippen LogP contribution is -2.09. The van der Waals surface area contributed by atoms with Crippen molar-refractivity contribution in [3.8, 4) is 0 Å². The molecule has 0 aromatic carbocycles. The number of amidine groups is 1. The lowest BCUT2D eigenvalue weighted by molar-refractivity contribution is 0.739. The molecule has 1 aliphatic rings. The van der Waals surface area contributed by atoms with Crippen molar-refractivity contribution in [3.05, 3.63) is 0 Å². The van der Waals surface area contributed by atoms with E-state index in [9.17, 15) is 0 Å². The van der Waals surface area contributed by atoms with E-state index < -0.39 is 0 Å². The third-order valence-corrected chi connectivity index (χ3v) is 1.84. The minimum atomic E-state index is 0.708. The molecule has 0 aromatic rings. The second-order valence-corrected chi connectivity index (χ2v) is 2.49. The Kier molecular flexibility index (Phi) is 1.32.